The molecule has 1 aliphatic rings. The molecule has 0 amide bonds. The first kappa shape index (κ1) is 13.5. The Morgan fingerprint density at radius 1 is 1.00 bits per heavy atom. The molecule has 0 unspecified atom stereocenters. The molecule has 6 nitrogen and oxygen atoms in total. The summed E-state index contributed by atoms with van der Waals surface area (Å²) >= 11 is 0. The Morgan fingerprint density at radius 3 is 2.52 bits per heavy atom. The Labute approximate surface area is 133 Å². The molecule has 3 aromatic rings. The van der Waals surface area contributed by atoms with Crippen LogP contribution in [0.15, 0.2) is 73.3 Å². The second-order valence-electron chi connectivity index (χ2n) is 5.02. The fourth-order valence-corrected chi connectivity index (χ4v) is 2.31. The Hall–Kier alpha value is -3.12. The van der Waals surface area contributed by atoms with Crippen LogP contribution in [0.25, 0.3) is 5.82 Å². The van der Waals surface area contributed by atoms with Crippen LogP contribution in [0.5, 0.6) is 11.5 Å². The lowest BCUT2D eigenvalue weighted by molar-refractivity contribution is 0.0486. The molecule has 0 fully saturated rings. The summed E-state index contributed by atoms with van der Waals surface area (Å²) in [5.41, 5.74) is 3.87. The highest BCUT2D eigenvalue weighted by Gasteiger charge is 2.19. The van der Waals surface area contributed by atoms with E-state index in [1.54, 1.807) is 11.0 Å². The molecule has 6 heteroatoms. The molecule has 2 heterocycles. The number of nitrogens with zero attached hydrogens (tertiary/aromatic N) is 3. The van der Waals surface area contributed by atoms with Crippen molar-refractivity contribution in [3.8, 4) is 11.5 Å². The Morgan fingerprint density at radius 2 is 1.78 bits per heavy atom. The SMILES string of the molecule is C1=C(n2cncn2)NO[C@@H]1c1ccc(Oc2ccccc2)cc1. The van der Waals surface area contributed by atoms with Crippen LogP contribution in [-0.4, -0.2) is 14.8 Å². The van der Waals surface area contributed by atoms with Gasteiger partial charge in [0, 0.05) is 0 Å². The van der Waals surface area contributed by atoms with Crippen molar-refractivity contribution in [1.29, 1.82) is 0 Å². The molecule has 2 aromatic carbocycles. The fourth-order valence-electron chi connectivity index (χ4n) is 2.31. The monoisotopic (exact) mass is 306 g/mol. The zero-order valence-corrected chi connectivity index (χ0v) is 12.2. The summed E-state index contributed by atoms with van der Waals surface area (Å²) in [7, 11) is 0. The summed E-state index contributed by atoms with van der Waals surface area (Å²) in [4.78, 5) is 9.48. The van der Waals surface area contributed by atoms with E-state index in [1.807, 2.05) is 60.7 Å². The smallest absolute Gasteiger partial charge is 0.152 e. The maximum atomic E-state index is 5.78. The summed E-state index contributed by atoms with van der Waals surface area (Å²) < 4.78 is 7.40. The minimum Gasteiger partial charge on any atom is -0.457 e. The van der Waals surface area contributed by atoms with Gasteiger partial charge in [0.25, 0.3) is 0 Å². The lowest BCUT2D eigenvalue weighted by Gasteiger charge is -2.09. The highest BCUT2D eigenvalue weighted by Crippen LogP contribution is 2.28. The van der Waals surface area contributed by atoms with E-state index in [2.05, 4.69) is 15.6 Å². The molecule has 0 saturated carbocycles. The number of hydroxylamine groups is 1. The van der Waals surface area contributed by atoms with Crippen LogP contribution in [0.4, 0.5) is 0 Å². The Kier molecular flexibility index (Phi) is 3.50. The third-order valence-electron chi connectivity index (χ3n) is 3.45. The number of nitrogens with one attached hydrogen (secondary N) is 1. The van der Waals surface area contributed by atoms with Gasteiger partial charge >= 0.3 is 0 Å². The van der Waals surface area contributed by atoms with E-state index in [4.69, 9.17) is 9.57 Å². The van der Waals surface area contributed by atoms with E-state index < -0.39 is 0 Å². The van der Waals surface area contributed by atoms with Crippen molar-refractivity contribution >= 4 is 5.82 Å². The van der Waals surface area contributed by atoms with E-state index in [1.165, 1.54) is 6.33 Å². The molecular formula is C17H14N4O2. The number of benzene rings is 2. The second kappa shape index (κ2) is 5.94. The molecule has 1 N–H and O–H groups in total. The molecule has 4 rings (SSSR count). The molecule has 114 valence electrons. The van der Waals surface area contributed by atoms with E-state index in [9.17, 15) is 0 Å². The third kappa shape index (κ3) is 2.93. The van der Waals surface area contributed by atoms with Crippen molar-refractivity contribution < 1.29 is 9.57 Å². The quantitative estimate of drug-likeness (QED) is 0.802. The average molecular weight is 306 g/mol. The lowest BCUT2D eigenvalue weighted by Crippen LogP contribution is -2.12. The van der Waals surface area contributed by atoms with Gasteiger partial charge in [0.15, 0.2) is 5.82 Å². The molecular weight excluding hydrogens is 292 g/mol. The highest BCUT2D eigenvalue weighted by molar-refractivity contribution is 5.45. The summed E-state index contributed by atoms with van der Waals surface area (Å²) in [5, 5.41) is 4.06. The van der Waals surface area contributed by atoms with Crippen molar-refractivity contribution in [2.45, 2.75) is 6.10 Å². The van der Waals surface area contributed by atoms with Gasteiger partial charge in [-0.3, -0.25) is 4.84 Å². The first-order valence-corrected chi connectivity index (χ1v) is 7.20. The van der Waals surface area contributed by atoms with Gasteiger partial charge in [-0.25, -0.2) is 15.1 Å². The largest absolute Gasteiger partial charge is 0.457 e. The van der Waals surface area contributed by atoms with Gasteiger partial charge in [-0.2, -0.15) is 5.10 Å². The van der Waals surface area contributed by atoms with Gasteiger partial charge < -0.3 is 4.74 Å². The number of aromatic nitrogens is 3. The predicted octanol–water partition coefficient (Wildman–Crippen LogP) is 3.14. The van der Waals surface area contributed by atoms with Gasteiger partial charge in [0.1, 0.15) is 30.3 Å². The summed E-state index contributed by atoms with van der Waals surface area (Å²) in [6.45, 7) is 0. The second-order valence-corrected chi connectivity index (χ2v) is 5.02. The molecule has 1 aromatic heterocycles. The summed E-state index contributed by atoms with van der Waals surface area (Å²) in [6, 6.07) is 17.5. The zero-order chi connectivity index (χ0) is 15.5. The van der Waals surface area contributed by atoms with E-state index in [0.29, 0.717) is 0 Å². The maximum absolute atomic E-state index is 5.78. The molecule has 1 atom stereocenters. The Bertz CT molecular complexity index is 798. The zero-order valence-electron chi connectivity index (χ0n) is 12.2. The van der Waals surface area contributed by atoms with Gasteiger partial charge in [0.2, 0.25) is 0 Å². The van der Waals surface area contributed by atoms with Crippen molar-refractivity contribution in [2.75, 3.05) is 0 Å². The molecule has 1 aliphatic heterocycles. The van der Waals surface area contributed by atoms with Crippen LogP contribution in [-0.2, 0) is 4.84 Å². The number of hydrogen-bond acceptors (Lipinski definition) is 5. The van der Waals surface area contributed by atoms with Crippen molar-refractivity contribution in [2.24, 2.45) is 0 Å². The first-order valence-electron chi connectivity index (χ1n) is 7.20. The van der Waals surface area contributed by atoms with Crippen LogP contribution in [0.1, 0.15) is 11.7 Å². The van der Waals surface area contributed by atoms with Crippen LogP contribution >= 0.6 is 0 Å². The van der Waals surface area contributed by atoms with Crippen LogP contribution in [0, 0.1) is 0 Å². The number of rotatable bonds is 4. The highest BCUT2D eigenvalue weighted by atomic mass is 16.7. The third-order valence-corrected chi connectivity index (χ3v) is 3.45. The topological polar surface area (TPSA) is 61.2 Å². The van der Waals surface area contributed by atoms with Crippen LogP contribution in [0.2, 0.25) is 0 Å². The first-order chi connectivity index (χ1) is 11.4. The summed E-state index contributed by atoms with van der Waals surface area (Å²) in [6.07, 6.45) is 4.86. The molecule has 0 saturated heterocycles. The van der Waals surface area contributed by atoms with Crippen molar-refractivity contribution in [3.63, 3.8) is 0 Å². The molecule has 23 heavy (non-hydrogen) atoms. The minimum absolute atomic E-state index is 0.181. The maximum Gasteiger partial charge on any atom is 0.152 e. The number of hydrogen-bond donors (Lipinski definition) is 1. The molecule has 0 spiro atoms. The van der Waals surface area contributed by atoms with Gasteiger partial charge in [-0.1, -0.05) is 30.3 Å². The molecule has 0 aliphatic carbocycles. The van der Waals surface area contributed by atoms with Gasteiger partial charge in [-0.15, -0.1) is 0 Å². The number of ether oxygens (including phenoxy) is 1. The van der Waals surface area contributed by atoms with Crippen molar-refractivity contribution in [1.82, 2.24) is 20.2 Å². The number of para-hydroxylation sites is 1. The Balaban J connectivity index is 1.48. The van der Waals surface area contributed by atoms with E-state index in [-0.39, 0.29) is 6.10 Å². The normalized spacial score (nSPS) is 16.7. The average Bonchev–Trinajstić information content (AvgIpc) is 3.28. The van der Waals surface area contributed by atoms with Crippen molar-refractivity contribution in [3.05, 3.63) is 78.9 Å². The molecule has 0 bridgehead atoms. The van der Waals surface area contributed by atoms with Gasteiger partial charge in [-0.05, 0) is 35.9 Å². The predicted molar refractivity (Wildman–Crippen MR) is 84.2 cm³/mol. The minimum atomic E-state index is -0.181. The fraction of sp³-hybridized carbons (Fsp3) is 0.0588. The van der Waals surface area contributed by atoms with Crippen LogP contribution in [0.3, 0.4) is 0 Å². The molecule has 0 radical (unpaired) electrons. The standard InChI is InChI=1S/C17H14N4O2/c1-2-4-14(5-3-1)22-15-8-6-13(7-9-15)16-10-17(20-23-16)21-12-18-11-19-21/h1-12,16,20H/t16-/m0/s1. The van der Waals surface area contributed by atoms with E-state index in [0.717, 1.165) is 22.9 Å². The lowest BCUT2D eigenvalue weighted by atomic mass is 10.1. The summed E-state index contributed by atoms with van der Waals surface area (Å²) in [5.74, 6) is 2.34. The van der Waals surface area contributed by atoms with Gasteiger partial charge in [0.05, 0.1) is 0 Å². The van der Waals surface area contributed by atoms with E-state index >= 15 is 0 Å². The van der Waals surface area contributed by atoms with Crippen LogP contribution < -0.4 is 10.2 Å².